The van der Waals surface area contributed by atoms with Gasteiger partial charge in [-0.05, 0) is 33.6 Å². The van der Waals surface area contributed by atoms with Crippen LogP contribution in [0.25, 0.3) is 5.70 Å². The maximum Gasteiger partial charge on any atom is 0.146 e. The average Bonchev–Trinajstić information content (AvgIpc) is 2.68. The first-order valence-corrected chi connectivity index (χ1v) is 9.79. The van der Waals surface area contributed by atoms with Crippen LogP contribution in [0.4, 0.5) is 0 Å². The molecule has 0 aliphatic heterocycles. The standard InChI is InChI=1S/C20H21Br2N5/c1-15(21)12-26-27(3)20(25-14-16-7-6-10-24-13-16)11-19(23-2)17-8-4-5-9-18(17)22/h4-13,23H,1,14H2,2-3H3/b19-11?,25-20?,26-12-. The molecule has 140 valence electrons. The predicted octanol–water partition coefficient (Wildman–Crippen LogP) is 4.83. The van der Waals surface area contributed by atoms with Crippen molar-refractivity contribution in [2.24, 2.45) is 10.1 Å². The van der Waals surface area contributed by atoms with Crippen LogP contribution in [0.2, 0.25) is 0 Å². The molecule has 0 spiro atoms. The van der Waals surface area contributed by atoms with Gasteiger partial charge < -0.3 is 5.32 Å². The third kappa shape index (κ3) is 6.77. The fourth-order valence-electron chi connectivity index (χ4n) is 2.21. The van der Waals surface area contributed by atoms with Gasteiger partial charge in [-0.15, -0.1) is 0 Å². The summed E-state index contributed by atoms with van der Waals surface area (Å²) in [5.74, 6) is 0.698. The molecular weight excluding hydrogens is 470 g/mol. The van der Waals surface area contributed by atoms with Crippen LogP contribution in [0.15, 0.2) is 80.5 Å². The van der Waals surface area contributed by atoms with Gasteiger partial charge in [0, 0.05) is 52.8 Å². The van der Waals surface area contributed by atoms with Crippen molar-refractivity contribution in [2.75, 3.05) is 14.1 Å². The molecule has 0 fully saturated rings. The Bertz CT molecular complexity index is 860. The lowest BCUT2D eigenvalue weighted by molar-refractivity contribution is 0.547. The van der Waals surface area contributed by atoms with E-state index in [1.54, 1.807) is 23.6 Å². The van der Waals surface area contributed by atoms with Gasteiger partial charge in [0.25, 0.3) is 0 Å². The van der Waals surface area contributed by atoms with Gasteiger partial charge in [-0.3, -0.25) is 15.0 Å². The van der Waals surface area contributed by atoms with Crippen LogP contribution in [-0.4, -0.2) is 36.1 Å². The number of hydrazone groups is 1. The second-order valence-corrected chi connectivity index (χ2v) is 7.41. The van der Waals surface area contributed by atoms with Crippen LogP contribution in [0, 0.1) is 0 Å². The number of benzene rings is 1. The third-order valence-electron chi connectivity index (χ3n) is 3.56. The van der Waals surface area contributed by atoms with Crippen molar-refractivity contribution in [1.82, 2.24) is 15.3 Å². The molecule has 27 heavy (non-hydrogen) atoms. The summed E-state index contributed by atoms with van der Waals surface area (Å²) in [5, 5.41) is 9.32. The van der Waals surface area contributed by atoms with Gasteiger partial charge in [0.2, 0.25) is 0 Å². The Morgan fingerprint density at radius 2 is 2.07 bits per heavy atom. The molecule has 0 unspecified atom stereocenters. The number of allylic oxidation sites excluding steroid dienone is 1. The first kappa shape index (κ1) is 21.1. The van der Waals surface area contributed by atoms with E-state index in [1.807, 2.05) is 56.6 Å². The highest BCUT2D eigenvalue weighted by molar-refractivity contribution is 9.12. The summed E-state index contributed by atoms with van der Waals surface area (Å²) < 4.78 is 1.68. The molecule has 0 bridgehead atoms. The number of hydrogen-bond donors (Lipinski definition) is 1. The van der Waals surface area contributed by atoms with E-state index >= 15 is 0 Å². The number of rotatable bonds is 7. The highest BCUT2D eigenvalue weighted by Crippen LogP contribution is 2.22. The van der Waals surface area contributed by atoms with Gasteiger partial charge in [-0.2, -0.15) is 5.10 Å². The Morgan fingerprint density at radius 3 is 2.70 bits per heavy atom. The van der Waals surface area contributed by atoms with Gasteiger partial charge in [-0.1, -0.05) is 46.8 Å². The number of pyridine rings is 1. The Kier molecular flexibility index (Phi) is 8.42. The van der Waals surface area contributed by atoms with Gasteiger partial charge in [0.05, 0.1) is 12.8 Å². The second-order valence-electron chi connectivity index (χ2n) is 5.54. The summed E-state index contributed by atoms with van der Waals surface area (Å²) in [6.07, 6.45) is 7.15. The van der Waals surface area contributed by atoms with Gasteiger partial charge in [0.15, 0.2) is 0 Å². The van der Waals surface area contributed by atoms with E-state index in [1.165, 1.54) is 0 Å². The molecule has 0 radical (unpaired) electrons. The third-order valence-corrected chi connectivity index (χ3v) is 4.45. The number of likely N-dealkylation sites (N-methyl/N-ethyl adjacent to an activating group) is 1. The first-order valence-electron chi connectivity index (χ1n) is 8.21. The fourth-order valence-corrected chi connectivity index (χ4v) is 2.80. The van der Waals surface area contributed by atoms with E-state index in [9.17, 15) is 0 Å². The molecule has 1 aromatic carbocycles. The number of amidine groups is 1. The quantitative estimate of drug-likeness (QED) is 0.343. The molecule has 0 saturated carbocycles. The zero-order valence-corrected chi connectivity index (χ0v) is 18.4. The van der Waals surface area contributed by atoms with Crippen LogP contribution < -0.4 is 5.32 Å². The lowest BCUT2D eigenvalue weighted by Crippen LogP contribution is -2.21. The molecule has 1 heterocycles. The highest BCUT2D eigenvalue weighted by atomic mass is 79.9. The Balaban J connectivity index is 2.40. The number of nitrogens with one attached hydrogen (secondary N) is 1. The molecule has 0 atom stereocenters. The molecule has 7 heteroatoms. The molecule has 1 N–H and O–H groups in total. The number of hydrogen-bond acceptors (Lipinski definition) is 4. The van der Waals surface area contributed by atoms with Gasteiger partial charge >= 0.3 is 0 Å². The lowest BCUT2D eigenvalue weighted by Gasteiger charge is -2.16. The van der Waals surface area contributed by atoms with Crippen LogP contribution in [0.3, 0.4) is 0 Å². The molecule has 1 aromatic heterocycles. The monoisotopic (exact) mass is 489 g/mol. The van der Waals surface area contributed by atoms with Gasteiger partial charge in [-0.25, -0.2) is 0 Å². The van der Waals surface area contributed by atoms with Gasteiger partial charge in [0.1, 0.15) is 5.84 Å². The van der Waals surface area contributed by atoms with Crippen molar-refractivity contribution in [3.63, 3.8) is 0 Å². The van der Waals surface area contributed by atoms with E-state index < -0.39 is 0 Å². The minimum Gasteiger partial charge on any atom is -0.387 e. The largest absolute Gasteiger partial charge is 0.387 e. The van der Waals surface area contributed by atoms with Crippen LogP contribution in [0.5, 0.6) is 0 Å². The molecule has 0 amide bonds. The second kappa shape index (κ2) is 10.8. The molecule has 0 aliphatic carbocycles. The predicted molar refractivity (Wildman–Crippen MR) is 121 cm³/mol. The van der Waals surface area contributed by atoms with Crippen molar-refractivity contribution < 1.29 is 0 Å². The Hall–Kier alpha value is -2.25. The molecule has 2 rings (SSSR count). The maximum atomic E-state index is 4.73. The summed E-state index contributed by atoms with van der Waals surface area (Å²) in [7, 11) is 3.73. The van der Waals surface area contributed by atoms with Crippen LogP contribution >= 0.6 is 31.9 Å². The number of halogens is 2. The van der Waals surface area contributed by atoms with E-state index in [4.69, 9.17) is 4.99 Å². The van der Waals surface area contributed by atoms with Crippen molar-refractivity contribution in [1.29, 1.82) is 0 Å². The maximum absolute atomic E-state index is 4.73. The van der Waals surface area contributed by atoms with Crippen molar-refractivity contribution in [2.45, 2.75) is 6.54 Å². The smallest absolute Gasteiger partial charge is 0.146 e. The van der Waals surface area contributed by atoms with Crippen molar-refractivity contribution in [3.05, 3.63) is 81.5 Å². The molecular formula is C20H21Br2N5. The number of aliphatic imine (C=N–C) groups is 1. The molecule has 2 aromatic rings. The Morgan fingerprint density at radius 1 is 1.30 bits per heavy atom. The van der Waals surface area contributed by atoms with E-state index in [-0.39, 0.29) is 0 Å². The van der Waals surface area contributed by atoms with Crippen molar-refractivity contribution in [3.8, 4) is 0 Å². The van der Waals surface area contributed by atoms with E-state index in [0.717, 1.165) is 21.3 Å². The first-order chi connectivity index (χ1) is 13.0. The SMILES string of the molecule is C=C(Br)/C=N\N(C)C(C=C(NC)c1ccccc1Br)=NCc1cccnc1. The van der Waals surface area contributed by atoms with Crippen molar-refractivity contribution >= 4 is 49.6 Å². The highest BCUT2D eigenvalue weighted by Gasteiger charge is 2.09. The van der Waals surface area contributed by atoms with Crippen LogP contribution in [-0.2, 0) is 6.54 Å². The minimum absolute atomic E-state index is 0.502. The topological polar surface area (TPSA) is 52.9 Å². The number of nitrogens with zero attached hydrogens (tertiary/aromatic N) is 4. The summed E-state index contributed by atoms with van der Waals surface area (Å²) in [6.45, 7) is 4.28. The number of aromatic nitrogens is 1. The summed E-state index contributed by atoms with van der Waals surface area (Å²) in [5.41, 5.74) is 2.99. The fraction of sp³-hybridized carbons (Fsp3) is 0.150. The van der Waals surface area contributed by atoms with Crippen LogP contribution in [0.1, 0.15) is 11.1 Å². The molecule has 0 saturated heterocycles. The average molecular weight is 491 g/mol. The summed E-state index contributed by atoms with van der Waals surface area (Å²) in [4.78, 5) is 8.87. The van der Waals surface area contributed by atoms with E-state index in [2.05, 4.69) is 53.8 Å². The summed E-state index contributed by atoms with van der Waals surface area (Å²) in [6, 6.07) is 11.9. The minimum atomic E-state index is 0.502. The molecule has 5 nitrogen and oxygen atoms in total. The lowest BCUT2D eigenvalue weighted by atomic mass is 10.1. The zero-order chi connectivity index (χ0) is 19.6. The Labute approximate surface area is 176 Å². The molecule has 0 aliphatic rings. The van der Waals surface area contributed by atoms with E-state index in [0.29, 0.717) is 16.9 Å². The summed E-state index contributed by atoms with van der Waals surface area (Å²) >= 11 is 6.89. The normalized spacial score (nSPS) is 12.3. The zero-order valence-electron chi connectivity index (χ0n) is 15.2.